The molecule has 0 radical (unpaired) electrons. The molecule has 0 aromatic carbocycles. The maximum absolute atomic E-state index is 12.8. The van der Waals surface area contributed by atoms with Crippen LogP contribution in [-0.2, 0) is 32.7 Å². The van der Waals surface area contributed by atoms with E-state index in [1.807, 2.05) is 18.2 Å². The van der Waals surface area contributed by atoms with Gasteiger partial charge in [0.15, 0.2) is 6.10 Å². The van der Waals surface area contributed by atoms with Crippen molar-refractivity contribution in [2.45, 2.75) is 236 Å². The molecular formula is C47H85O14P. The van der Waals surface area contributed by atoms with Gasteiger partial charge in [-0.3, -0.25) is 18.6 Å². The van der Waals surface area contributed by atoms with Crippen molar-refractivity contribution in [3.63, 3.8) is 0 Å². The lowest BCUT2D eigenvalue weighted by molar-refractivity contribution is -0.220. The van der Waals surface area contributed by atoms with Gasteiger partial charge in [0.25, 0.3) is 0 Å². The summed E-state index contributed by atoms with van der Waals surface area (Å²) in [4.78, 5) is 35.7. The van der Waals surface area contributed by atoms with Gasteiger partial charge in [-0.05, 0) is 32.1 Å². The summed E-state index contributed by atoms with van der Waals surface area (Å²) >= 11 is 0. The summed E-state index contributed by atoms with van der Waals surface area (Å²) < 4.78 is 33.5. The SMILES string of the molecule is CC/C=C/C/C=C/C=C/C(O)CCCCCCCC(=O)O[C@H](COC(=O)CCCCCCCCCCCCCCCCCCC)COP(=O)(O)OC1[C@H](O)[C@H](O)C(O)[C@H](O)[C@H]1O. The zero-order valence-electron chi connectivity index (χ0n) is 38.0. The molecule has 362 valence electrons. The highest BCUT2D eigenvalue weighted by molar-refractivity contribution is 7.47. The average molecular weight is 905 g/mol. The lowest BCUT2D eigenvalue weighted by atomic mass is 9.85. The molecule has 0 spiro atoms. The molecule has 0 heterocycles. The van der Waals surface area contributed by atoms with E-state index in [4.69, 9.17) is 18.5 Å². The van der Waals surface area contributed by atoms with E-state index in [0.29, 0.717) is 19.3 Å². The van der Waals surface area contributed by atoms with Crippen molar-refractivity contribution in [2.75, 3.05) is 13.2 Å². The van der Waals surface area contributed by atoms with Gasteiger partial charge in [0.1, 0.15) is 43.2 Å². The van der Waals surface area contributed by atoms with Gasteiger partial charge < -0.3 is 45.0 Å². The monoisotopic (exact) mass is 905 g/mol. The van der Waals surface area contributed by atoms with Crippen molar-refractivity contribution >= 4 is 19.8 Å². The van der Waals surface area contributed by atoms with Gasteiger partial charge in [-0.2, -0.15) is 0 Å². The summed E-state index contributed by atoms with van der Waals surface area (Å²) in [5.74, 6) is -1.17. The quantitative estimate of drug-likeness (QED) is 0.0101. The van der Waals surface area contributed by atoms with Gasteiger partial charge in [0.05, 0.1) is 12.7 Å². The molecule has 1 rings (SSSR count). The number of unbranched alkanes of at least 4 members (excludes halogenated alkanes) is 20. The van der Waals surface area contributed by atoms with E-state index in [1.165, 1.54) is 83.5 Å². The summed E-state index contributed by atoms with van der Waals surface area (Å²) in [5.41, 5.74) is 0. The van der Waals surface area contributed by atoms with Crippen LogP contribution >= 0.6 is 7.82 Å². The number of aliphatic hydroxyl groups excluding tert-OH is 6. The second kappa shape index (κ2) is 37.3. The van der Waals surface area contributed by atoms with Crippen LogP contribution in [0.3, 0.4) is 0 Å². The van der Waals surface area contributed by atoms with Gasteiger partial charge in [0, 0.05) is 12.8 Å². The Bertz CT molecular complexity index is 1250. The molecule has 1 aliphatic carbocycles. The molecule has 0 aliphatic heterocycles. The molecule has 0 bridgehead atoms. The highest BCUT2D eigenvalue weighted by atomic mass is 31.2. The second-order valence-corrected chi connectivity index (χ2v) is 18.2. The third kappa shape index (κ3) is 29.5. The Hall–Kier alpha value is -1.97. The van der Waals surface area contributed by atoms with Crippen molar-refractivity contribution in [3.05, 3.63) is 36.5 Å². The lowest BCUT2D eigenvalue weighted by Crippen LogP contribution is -2.64. The predicted octanol–water partition coefficient (Wildman–Crippen LogP) is 8.36. The van der Waals surface area contributed by atoms with Crippen molar-refractivity contribution in [3.8, 4) is 0 Å². The minimum absolute atomic E-state index is 0.0285. The summed E-state index contributed by atoms with van der Waals surface area (Å²) in [7, 11) is -5.14. The number of rotatable bonds is 39. The summed E-state index contributed by atoms with van der Waals surface area (Å²) in [6.45, 7) is 3.10. The van der Waals surface area contributed by atoms with E-state index in [2.05, 4.69) is 26.0 Å². The third-order valence-corrected chi connectivity index (χ3v) is 12.1. The van der Waals surface area contributed by atoms with E-state index in [-0.39, 0.29) is 12.8 Å². The summed E-state index contributed by atoms with van der Waals surface area (Å²) in [6.07, 6.45) is 25.0. The normalized spacial score (nSPS) is 22.7. The number of phosphoric ester groups is 1. The van der Waals surface area contributed by atoms with E-state index in [1.54, 1.807) is 6.08 Å². The molecule has 62 heavy (non-hydrogen) atoms. The molecule has 0 saturated heterocycles. The number of hydrogen-bond acceptors (Lipinski definition) is 13. The second-order valence-electron chi connectivity index (χ2n) is 16.8. The number of phosphoric acid groups is 1. The minimum atomic E-state index is -5.14. The van der Waals surface area contributed by atoms with Gasteiger partial charge in [-0.15, -0.1) is 0 Å². The molecule has 0 aromatic heterocycles. The summed E-state index contributed by atoms with van der Waals surface area (Å²) in [5, 5.41) is 60.3. The molecule has 15 heteroatoms. The smallest absolute Gasteiger partial charge is 0.462 e. The zero-order chi connectivity index (χ0) is 45.9. The van der Waals surface area contributed by atoms with Crippen LogP contribution in [0.1, 0.15) is 187 Å². The number of allylic oxidation sites excluding steroid dienone is 5. The molecule has 0 amide bonds. The van der Waals surface area contributed by atoms with Crippen molar-refractivity contribution in [1.29, 1.82) is 0 Å². The topological polar surface area (TPSA) is 230 Å². The standard InChI is InChI=1S/C47H85O14P/c1-3-5-7-9-11-12-13-14-15-16-17-18-19-20-22-26-30-34-40(49)58-36-39(37-59-62(56,57)61-47-45(54)43(52)42(51)44(53)46(47)55)60-41(50)35-31-27-23-25-29-33-38(48)32-28-24-21-10-8-6-4-2/h6,8,21,24,28,32,38-39,42-48,51-55H,3-5,7,9-20,22-23,25-27,29-31,33-37H2,1-2H3,(H,56,57)/b8-6+,24-21+,32-28+/t38?,39-,42?,43-,44+,45-,46-,47?/m1/s1. The van der Waals surface area contributed by atoms with Crippen LogP contribution in [0.25, 0.3) is 0 Å². The first-order valence-electron chi connectivity index (χ1n) is 23.9. The highest BCUT2D eigenvalue weighted by Gasteiger charge is 2.51. The van der Waals surface area contributed by atoms with Crippen LogP contribution < -0.4 is 0 Å². The van der Waals surface area contributed by atoms with Gasteiger partial charge >= 0.3 is 19.8 Å². The van der Waals surface area contributed by atoms with E-state index in [0.717, 1.165) is 57.8 Å². The van der Waals surface area contributed by atoms with Crippen LogP contribution in [0, 0.1) is 0 Å². The maximum atomic E-state index is 12.8. The molecular weight excluding hydrogens is 819 g/mol. The Morgan fingerprint density at radius 3 is 1.56 bits per heavy atom. The first kappa shape index (κ1) is 58.0. The van der Waals surface area contributed by atoms with Crippen LogP contribution in [0.15, 0.2) is 36.5 Å². The van der Waals surface area contributed by atoms with E-state index < -0.39 is 81.8 Å². The number of esters is 2. The molecule has 4 unspecified atom stereocenters. The average Bonchev–Trinajstić information content (AvgIpc) is 3.25. The first-order valence-corrected chi connectivity index (χ1v) is 25.4. The molecule has 1 fully saturated rings. The first-order chi connectivity index (χ1) is 29.8. The largest absolute Gasteiger partial charge is 0.472 e. The summed E-state index contributed by atoms with van der Waals surface area (Å²) in [6, 6.07) is 0. The van der Waals surface area contributed by atoms with Crippen LogP contribution in [-0.4, -0.2) is 110 Å². The number of hydrogen-bond donors (Lipinski definition) is 7. The van der Waals surface area contributed by atoms with Crippen LogP contribution in [0.4, 0.5) is 0 Å². The highest BCUT2D eigenvalue weighted by Crippen LogP contribution is 2.47. The van der Waals surface area contributed by atoms with Crippen molar-refractivity contribution < 1.29 is 68.2 Å². The number of ether oxygens (including phenoxy) is 2. The third-order valence-electron chi connectivity index (χ3n) is 11.1. The fraction of sp³-hybridized carbons (Fsp3) is 0.830. The minimum Gasteiger partial charge on any atom is -0.462 e. The maximum Gasteiger partial charge on any atom is 0.472 e. The Labute approximate surface area is 372 Å². The molecule has 0 aromatic rings. The molecule has 1 aliphatic rings. The molecule has 14 nitrogen and oxygen atoms in total. The molecule has 1 saturated carbocycles. The fourth-order valence-corrected chi connectivity index (χ4v) is 8.21. The van der Waals surface area contributed by atoms with Crippen LogP contribution in [0.5, 0.6) is 0 Å². The number of carbonyl (C=O) groups excluding carboxylic acids is 2. The molecule has 9 atom stereocenters. The Balaban J connectivity index is 2.47. The van der Waals surface area contributed by atoms with Gasteiger partial charge in [-0.1, -0.05) is 179 Å². The molecule has 7 N–H and O–H groups in total. The van der Waals surface area contributed by atoms with Gasteiger partial charge in [0.2, 0.25) is 0 Å². The fourth-order valence-electron chi connectivity index (χ4n) is 7.24. The predicted molar refractivity (Wildman–Crippen MR) is 241 cm³/mol. The van der Waals surface area contributed by atoms with E-state index in [9.17, 15) is 49.7 Å². The van der Waals surface area contributed by atoms with Crippen molar-refractivity contribution in [2.24, 2.45) is 0 Å². The van der Waals surface area contributed by atoms with Gasteiger partial charge in [-0.25, -0.2) is 4.57 Å². The number of carbonyl (C=O) groups is 2. The van der Waals surface area contributed by atoms with E-state index >= 15 is 0 Å². The number of aliphatic hydroxyl groups is 6. The van der Waals surface area contributed by atoms with Crippen LogP contribution in [0.2, 0.25) is 0 Å². The zero-order valence-corrected chi connectivity index (χ0v) is 38.9. The lowest BCUT2D eigenvalue weighted by Gasteiger charge is -2.41. The Kier molecular flexibility index (Phi) is 34.9. The Morgan fingerprint density at radius 1 is 0.581 bits per heavy atom. The van der Waals surface area contributed by atoms with Crippen molar-refractivity contribution in [1.82, 2.24) is 0 Å². The Morgan fingerprint density at radius 2 is 1.05 bits per heavy atom.